The highest BCUT2D eigenvalue weighted by molar-refractivity contribution is 5.99. The first-order valence-electron chi connectivity index (χ1n) is 10.5. The second-order valence-electron chi connectivity index (χ2n) is 8.32. The largest absolute Gasteiger partial charge is 0.362 e. The summed E-state index contributed by atoms with van der Waals surface area (Å²) < 4.78 is 0. The van der Waals surface area contributed by atoms with Gasteiger partial charge in [0.25, 0.3) is 0 Å². The van der Waals surface area contributed by atoms with E-state index in [1.807, 2.05) is 32.3 Å². The Bertz CT molecular complexity index is 1130. The summed E-state index contributed by atoms with van der Waals surface area (Å²) >= 11 is 0. The van der Waals surface area contributed by atoms with E-state index in [0.29, 0.717) is 0 Å². The number of pyridine rings is 1. The molecule has 6 heteroatoms. The molecule has 4 heterocycles. The van der Waals surface area contributed by atoms with Crippen LogP contribution >= 0.6 is 0 Å². The van der Waals surface area contributed by atoms with E-state index >= 15 is 0 Å². The molecular formula is C24H25N5O. The Morgan fingerprint density at radius 1 is 1.17 bits per heavy atom. The molecule has 2 N–H and O–H groups in total. The average molecular weight is 399 g/mol. The topological polar surface area (TPSA) is 78.7 Å². The lowest BCUT2D eigenvalue weighted by Crippen LogP contribution is -2.55. The average Bonchev–Trinajstić information content (AvgIpc) is 3.21. The minimum Gasteiger partial charge on any atom is -0.362 e. The molecule has 30 heavy (non-hydrogen) atoms. The van der Waals surface area contributed by atoms with Crippen LogP contribution in [-0.4, -0.2) is 23.1 Å². The van der Waals surface area contributed by atoms with Gasteiger partial charge in [-0.15, -0.1) is 0 Å². The van der Waals surface area contributed by atoms with Gasteiger partial charge < -0.3 is 10.6 Å². The van der Waals surface area contributed by atoms with Crippen molar-refractivity contribution in [1.29, 1.82) is 0 Å². The Morgan fingerprint density at radius 2 is 2.00 bits per heavy atom. The molecule has 5 rings (SSSR count). The fraction of sp³-hybridized carbons (Fsp3) is 0.333. The third kappa shape index (κ3) is 2.70. The van der Waals surface area contributed by atoms with Crippen LogP contribution in [0.5, 0.6) is 0 Å². The standard InChI is InChI=1S/C24H25N5O/c1-4-24(18-7-5-6-16(12-18)17-8-9-25-14(2)10-17)19-13-26-29-22(19)28-20-11-15(3)27-23(30)21(20)24/h5-10,12-13,15,22,28H,4,11H2,1-3H3,(H,27,30)/t15-,22?,24+/m1/s1. The van der Waals surface area contributed by atoms with Crippen molar-refractivity contribution in [2.75, 3.05) is 0 Å². The predicted molar refractivity (Wildman–Crippen MR) is 115 cm³/mol. The fourth-order valence-electron chi connectivity index (χ4n) is 5.11. The molecule has 1 aromatic heterocycles. The van der Waals surface area contributed by atoms with Gasteiger partial charge in [-0.1, -0.05) is 25.1 Å². The van der Waals surface area contributed by atoms with Crippen LogP contribution in [0.3, 0.4) is 0 Å². The molecule has 1 unspecified atom stereocenters. The van der Waals surface area contributed by atoms with E-state index in [4.69, 9.17) is 0 Å². The van der Waals surface area contributed by atoms with Crippen molar-refractivity contribution >= 4 is 5.91 Å². The third-order valence-corrected chi connectivity index (χ3v) is 6.44. The molecular weight excluding hydrogens is 374 g/mol. The van der Waals surface area contributed by atoms with E-state index in [0.717, 1.165) is 52.1 Å². The molecule has 3 aliphatic heterocycles. The van der Waals surface area contributed by atoms with Gasteiger partial charge in [0.1, 0.15) is 0 Å². The highest BCUT2D eigenvalue weighted by atomic mass is 16.1. The number of nitrogens with zero attached hydrogens (tertiary/aromatic N) is 3. The van der Waals surface area contributed by atoms with Crippen molar-refractivity contribution in [2.24, 2.45) is 10.2 Å². The van der Waals surface area contributed by atoms with E-state index in [2.05, 4.69) is 63.1 Å². The van der Waals surface area contributed by atoms with Crippen molar-refractivity contribution in [3.05, 3.63) is 76.9 Å². The van der Waals surface area contributed by atoms with Gasteiger partial charge in [0.15, 0.2) is 6.17 Å². The van der Waals surface area contributed by atoms with Crippen LogP contribution in [0.2, 0.25) is 0 Å². The number of nitrogens with one attached hydrogen (secondary N) is 2. The smallest absolute Gasteiger partial charge is 0.250 e. The van der Waals surface area contributed by atoms with Crippen LogP contribution < -0.4 is 10.6 Å². The summed E-state index contributed by atoms with van der Waals surface area (Å²) in [5.74, 6) is -0.00508. The number of hydrogen-bond acceptors (Lipinski definition) is 5. The van der Waals surface area contributed by atoms with Crippen LogP contribution in [0, 0.1) is 6.92 Å². The highest BCUT2D eigenvalue weighted by Crippen LogP contribution is 2.50. The van der Waals surface area contributed by atoms with Crippen LogP contribution in [0.4, 0.5) is 0 Å². The van der Waals surface area contributed by atoms with Crippen LogP contribution in [0.1, 0.15) is 37.9 Å². The van der Waals surface area contributed by atoms with E-state index in [-0.39, 0.29) is 18.1 Å². The van der Waals surface area contributed by atoms with Gasteiger partial charge in [0, 0.05) is 35.6 Å². The summed E-state index contributed by atoms with van der Waals surface area (Å²) in [6.45, 7) is 6.17. The van der Waals surface area contributed by atoms with E-state index < -0.39 is 5.41 Å². The van der Waals surface area contributed by atoms with Crippen LogP contribution in [-0.2, 0) is 10.2 Å². The molecule has 3 atom stereocenters. The zero-order valence-corrected chi connectivity index (χ0v) is 17.4. The third-order valence-electron chi connectivity index (χ3n) is 6.44. The summed E-state index contributed by atoms with van der Waals surface area (Å²) in [6.07, 6.45) is 4.97. The molecule has 1 amide bonds. The Labute approximate surface area is 176 Å². The SMILES string of the molecule is CC[C@]1(c2cccc(-c3ccnc(C)c3)c2)C2=CN=NC2NC2=C1C(=O)N[C@H](C)C2. The predicted octanol–water partition coefficient (Wildman–Crippen LogP) is 4.15. The quantitative estimate of drug-likeness (QED) is 0.814. The summed E-state index contributed by atoms with van der Waals surface area (Å²) in [7, 11) is 0. The van der Waals surface area contributed by atoms with Gasteiger partial charge in [-0.05, 0) is 55.2 Å². The molecule has 0 bridgehead atoms. The molecule has 0 saturated heterocycles. The van der Waals surface area contributed by atoms with E-state index in [1.165, 1.54) is 0 Å². The number of benzene rings is 1. The molecule has 6 nitrogen and oxygen atoms in total. The second kappa shape index (κ2) is 6.90. The minimum absolute atomic E-state index is 0.00508. The highest BCUT2D eigenvalue weighted by Gasteiger charge is 2.51. The van der Waals surface area contributed by atoms with Crippen LogP contribution in [0.25, 0.3) is 11.1 Å². The summed E-state index contributed by atoms with van der Waals surface area (Å²) in [5.41, 5.74) is 6.58. The first kappa shape index (κ1) is 18.7. The molecule has 152 valence electrons. The molecule has 3 aliphatic rings. The summed E-state index contributed by atoms with van der Waals surface area (Å²) in [6, 6.07) is 12.7. The lowest BCUT2D eigenvalue weighted by molar-refractivity contribution is -0.119. The lowest BCUT2D eigenvalue weighted by atomic mass is 9.62. The fourth-order valence-corrected chi connectivity index (χ4v) is 5.11. The number of rotatable bonds is 3. The summed E-state index contributed by atoms with van der Waals surface area (Å²) in [5, 5.41) is 15.2. The molecule has 0 radical (unpaired) electrons. The normalized spacial score (nSPS) is 27.2. The maximum absolute atomic E-state index is 13.3. The number of hydrogen-bond donors (Lipinski definition) is 2. The van der Waals surface area contributed by atoms with E-state index in [1.54, 1.807) is 0 Å². The first-order valence-corrected chi connectivity index (χ1v) is 10.5. The van der Waals surface area contributed by atoms with Gasteiger partial charge in [-0.3, -0.25) is 9.78 Å². The van der Waals surface area contributed by atoms with Gasteiger partial charge in [0.2, 0.25) is 5.91 Å². The second-order valence-corrected chi connectivity index (χ2v) is 8.32. The first-order chi connectivity index (χ1) is 14.5. The molecule has 2 aromatic rings. The Hall–Kier alpha value is -3.28. The Balaban J connectivity index is 1.73. The monoisotopic (exact) mass is 399 g/mol. The van der Waals surface area contributed by atoms with Gasteiger partial charge >= 0.3 is 0 Å². The molecule has 0 spiro atoms. The Morgan fingerprint density at radius 3 is 2.80 bits per heavy atom. The number of aromatic nitrogens is 1. The zero-order valence-electron chi connectivity index (χ0n) is 17.4. The van der Waals surface area contributed by atoms with Gasteiger partial charge in [-0.25, -0.2) is 0 Å². The van der Waals surface area contributed by atoms with Crippen molar-refractivity contribution in [3.8, 4) is 11.1 Å². The number of carbonyl (C=O) groups excluding carboxylic acids is 1. The molecule has 1 aromatic carbocycles. The minimum atomic E-state index is -0.558. The van der Waals surface area contributed by atoms with Gasteiger partial charge in [0.05, 0.1) is 17.2 Å². The van der Waals surface area contributed by atoms with Gasteiger partial charge in [-0.2, -0.15) is 10.2 Å². The lowest BCUT2D eigenvalue weighted by Gasteiger charge is -2.46. The van der Waals surface area contributed by atoms with E-state index in [9.17, 15) is 4.79 Å². The Kier molecular flexibility index (Phi) is 4.31. The number of aryl methyl sites for hydroxylation is 1. The number of carbonyl (C=O) groups is 1. The van der Waals surface area contributed by atoms with Crippen molar-refractivity contribution in [3.63, 3.8) is 0 Å². The molecule has 0 saturated carbocycles. The number of fused-ring (bicyclic) bond motifs is 1. The maximum atomic E-state index is 13.3. The van der Waals surface area contributed by atoms with Crippen LogP contribution in [0.15, 0.2) is 75.9 Å². The molecule has 0 aliphatic carbocycles. The van der Waals surface area contributed by atoms with Crippen molar-refractivity contribution < 1.29 is 4.79 Å². The maximum Gasteiger partial charge on any atom is 0.250 e. The summed E-state index contributed by atoms with van der Waals surface area (Å²) in [4.78, 5) is 17.6. The van der Waals surface area contributed by atoms with Crippen molar-refractivity contribution in [2.45, 2.75) is 51.2 Å². The molecule has 0 fully saturated rings. The van der Waals surface area contributed by atoms with Crippen molar-refractivity contribution in [1.82, 2.24) is 15.6 Å². The number of azo groups is 1. The zero-order chi connectivity index (χ0) is 20.9. The number of amides is 1.